The van der Waals surface area contributed by atoms with E-state index in [0.29, 0.717) is 16.9 Å². The standard InChI is InChI=1S/C12H17ClN4O/c1-2-8-3-4-14-9(5-8)12(18)17-11-6-10(13)15-7-16-11/h6-9,14H,2-5H2,1H3,(H,15,16,17,18). The van der Waals surface area contributed by atoms with Crippen LogP contribution in [0, 0.1) is 5.92 Å². The van der Waals surface area contributed by atoms with Crippen LogP contribution in [0.5, 0.6) is 0 Å². The highest BCUT2D eigenvalue weighted by Crippen LogP contribution is 2.20. The molecular formula is C12H17ClN4O. The Bertz CT molecular complexity index is 426. The maximum atomic E-state index is 12.1. The molecule has 0 aliphatic carbocycles. The third-order valence-corrected chi connectivity index (χ3v) is 3.50. The van der Waals surface area contributed by atoms with Gasteiger partial charge in [-0.3, -0.25) is 4.79 Å². The second-order valence-electron chi connectivity index (χ2n) is 4.52. The molecule has 1 amide bonds. The van der Waals surface area contributed by atoms with Gasteiger partial charge in [-0.25, -0.2) is 9.97 Å². The van der Waals surface area contributed by atoms with Crippen LogP contribution in [0.2, 0.25) is 5.15 Å². The molecule has 0 spiro atoms. The number of halogens is 1. The van der Waals surface area contributed by atoms with Gasteiger partial charge in [0.1, 0.15) is 17.3 Å². The molecule has 0 bridgehead atoms. The van der Waals surface area contributed by atoms with E-state index in [1.807, 2.05) is 0 Å². The average Bonchev–Trinajstić information content (AvgIpc) is 2.39. The van der Waals surface area contributed by atoms with Gasteiger partial charge in [0.2, 0.25) is 5.91 Å². The van der Waals surface area contributed by atoms with Crippen LogP contribution in [-0.2, 0) is 4.79 Å². The molecule has 0 saturated carbocycles. The van der Waals surface area contributed by atoms with E-state index in [1.165, 1.54) is 6.33 Å². The summed E-state index contributed by atoms with van der Waals surface area (Å²) >= 11 is 5.74. The largest absolute Gasteiger partial charge is 0.309 e. The number of hydrogen-bond acceptors (Lipinski definition) is 4. The van der Waals surface area contributed by atoms with E-state index in [2.05, 4.69) is 27.5 Å². The molecule has 2 unspecified atom stereocenters. The number of aromatic nitrogens is 2. The van der Waals surface area contributed by atoms with E-state index in [4.69, 9.17) is 11.6 Å². The third kappa shape index (κ3) is 3.40. The summed E-state index contributed by atoms with van der Waals surface area (Å²) in [6.45, 7) is 3.05. The highest BCUT2D eigenvalue weighted by atomic mass is 35.5. The summed E-state index contributed by atoms with van der Waals surface area (Å²) in [4.78, 5) is 19.8. The smallest absolute Gasteiger partial charge is 0.242 e. The number of carbonyl (C=O) groups excluding carboxylic acids is 1. The van der Waals surface area contributed by atoms with Crippen molar-refractivity contribution in [3.63, 3.8) is 0 Å². The van der Waals surface area contributed by atoms with Crippen molar-refractivity contribution in [3.05, 3.63) is 17.5 Å². The first-order valence-electron chi connectivity index (χ1n) is 6.21. The lowest BCUT2D eigenvalue weighted by molar-refractivity contribution is -0.119. The lowest BCUT2D eigenvalue weighted by atomic mass is 9.90. The summed E-state index contributed by atoms with van der Waals surface area (Å²) < 4.78 is 0. The lowest BCUT2D eigenvalue weighted by Gasteiger charge is -2.28. The second kappa shape index (κ2) is 6.11. The van der Waals surface area contributed by atoms with Crippen molar-refractivity contribution >= 4 is 23.3 Å². The minimum absolute atomic E-state index is 0.0529. The number of nitrogens with one attached hydrogen (secondary N) is 2. The maximum Gasteiger partial charge on any atom is 0.242 e. The molecule has 0 aromatic carbocycles. The highest BCUT2D eigenvalue weighted by molar-refractivity contribution is 6.29. The van der Waals surface area contributed by atoms with Crippen molar-refractivity contribution < 1.29 is 4.79 Å². The second-order valence-corrected chi connectivity index (χ2v) is 4.91. The minimum atomic E-state index is -0.141. The van der Waals surface area contributed by atoms with Crippen molar-refractivity contribution in [2.24, 2.45) is 5.92 Å². The fraction of sp³-hybridized carbons (Fsp3) is 0.583. The molecule has 98 valence electrons. The van der Waals surface area contributed by atoms with Crippen LogP contribution in [0.3, 0.4) is 0 Å². The molecule has 5 nitrogen and oxygen atoms in total. The molecule has 1 aliphatic rings. The molecule has 18 heavy (non-hydrogen) atoms. The molecule has 1 aromatic heterocycles. The van der Waals surface area contributed by atoms with Crippen LogP contribution in [0.25, 0.3) is 0 Å². The Morgan fingerprint density at radius 1 is 1.61 bits per heavy atom. The van der Waals surface area contributed by atoms with Crippen molar-refractivity contribution in [2.45, 2.75) is 32.2 Å². The van der Waals surface area contributed by atoms with Gasteiger partial charge in [0.25, 0.3) is 0 Å². The summed E-state index contributed by atoms with van der Waals surface area (Å²) in [6.07, 6.45) is 4.46. The van der Waals surface area contributed by atoms with E-state index < -0.39 is 0 Å². The van der Waals surface area contributed by atoms with Crippen molar-refractivity contribution in [3.8, 4) is 0 Å². The molecule has 2 heterocycles. The van der Waals surface area contributed by atoms with E-state index in [9.17, 15) is 4.79 Å². The van der Waals surface area contributed by atoms with Gasteiger partial charge in [-0.15, -0.1) is 0 Å². The number of carbonyl (C=O) groups is 1. The van der Waals surface area contributed by atoms with Crippen LogP contribution >= 0.6 is 11.6 Å². The first-order chi connectivity index (χ1) is 8.69. The van der Waals surface area contributed by atoms with E-state index >= 15 is 0 Å². The Balaban J connectivity index is 1.95. The van der Waals surface area contributed by atoms with Gasteiger partial charge in [0.15, 0.2) is 0 Å². The van der Waals surface area contributed by atoms with Gasteiger partial charge in [0.05, 0.1) is 6.04 Å². The predicted molar refractivity (Wildman–Crippen MR) is 70.5 cm³/mol. The number of amides is 1. The van der Waals surface area contributed by atoms with E-state index in [1.54, 1.807) is 6.07 Å². The SMILES string of the molecule is CCC1CCNC(C(=O)Nc2cc(Cl)ncn2)C1. The Kier molecular flexibility index (Phi) is 4.49. The van der Waals surface area contributed by atoms with Crippen LogP contribution in [0.1, 0.15) is 26.2 Å². The topological polar surface area (TPSA) is 66.9 Å². The van der Waals surface area contributed by atoms with Crippen molar-refractivity contribution in [1.82, 2.24) is 15.3 Å². The zero-order chi connectivity index (χ0) is 13.0. The zero-order valence-electron chi connectivity index (χ0n) is 10.3. The molecular weight excluding hydrogens is 252 g/mol. The quantitative estimate of drug-likeness (QED) is 0.821. The first-order valence-corrected chi connectivity index (χ1v) is 6.58. The van der Waals surface area contributed by atoms with Gasteiger partial charge in [-0.2, -0.15) is 0 Å². The zero-order valence-corrected chi connectivity index (χ0v) is 11.1. The molecule has 2 rings (SSSR count). The molecule has 6 heteroatoms. The number of piperidine rings is 1. The van der Waals surface area contributed by atoms with Crippen molar-refractivity contribution in [2.75, 3.05) is 11.9 Å². The molecule has 1 saturated heterocycles. The summed E-state index contributed by atoms with van der Waals surface area (Å²) in [5.74, 6) is 1.01. The maximum absolute atomic E-state index is 12.1. The molecule has 1 aliphatic heterocycles. The molecule has 2 atom stereocenters. The van der Waals surface area contributed by atoms with Crippen LogP contribution < -0.4 is 10.6 Å². The predicted octanol–water partition coefficient (Wildman–Crippen LogP) is 1.85. The normalized spacial score (nSPS) is 23.7. The average molecular weight is 269 g/mol. The molecule has 0 radical (unpaired) electrons. The Morgan fingerprint density at radius 2 is 2.44 bits per heavy atom. The van der Waals surface area contributed by atoms with Crippen molar-refractivity contribution in [1.29, 1.82) is 0 Å². The van der Waals surface area contributed by atoms with Gasteiger partial charge in [0, 0.05) is 6.07 Å². The van der Waals surface area contributed by atoms with E-state index in [-0.39, 0.29) is 11.9 Å². The van der Waals surface area contributed by atoms with Crippen LogP contribution in [0.4, 0.5) is 5.82 Å². The first kappa shape index (κ1) is 13.2. The van der Waals surface area contributed by atoms with Crippen LogP contribution in [-0.4, -0.2) is 28.5 Å². The highest BCUT2D eigenvalue weighted by Gasteiger charge is 2.26. The van der Waals surface area contributed by atoms with Gasteiger partial charge >= 0.3 is 0 Å². The summed E-state index contributed by atoms with van der Waals surface area (Å²) in [5, 5.41) is 6.31. The monoisotopic (exact) mass is 268 g/mol. The fourth-order valence-corrected chi connectivity index (χ4v) is 2.33. The molecule has 1 fully saturated rings. The van der Waals surface area contributed by atoms with Gasteiger partial charge in [-0.1, -0.05) is 24.9 Å². The fourth-order valence-electron chi connectivity index (χ4n) is 2.18. The summed E-state index contributed by atoms with van der Waals surface area (Å²) in [6, 6.07) is 1.40. The lowest BCUT2D eigenvalue weighted by Crippen LogP contribution is -2.46. The van der Waals surface area contributed by atoms with Crippen LogP contribution in [0.15, 0.2) is 12.4 Å². The number of rotatable bonds is 3. The number of nitrogens with zero attached hydrogens (tertiary/aromatic N) is 2. The third-order valence-electron chi connectivity index (χ3n) is 3.29. The Labute approximate surface area is 111 Å². The molecule has 2 N–H and O–H groups in total. The van der Waals surface area contributed by atoms with Gasteiger partial charge < -0.3 is 10.6 Å². The number of hydrogen-bond donors (Lipinski definition) is 2. The summed E-state index contributed by atoms with van der Waals surface area (Å²) in [7, 11) is 0. The van der Waals surface area contributed by atoms with E-state index in [0.717, 1.165) is 25.8 Å². The Hall–Kier alpha value is -1.20. The summed E-state index contributed by atoms with van der Waals surface area (Å²) in [5.41, 5.74) is 0. The Morgan fingerprint density at radius 3 is 3.17 bits per heavy atom. The number of anilines is 1. The van der Waals surface area contributed by atoms with Gasteiger partial charge in [-0.05, 0) is 25.3 Å². The molecule has 1 aromatic rings. The minimum Gasteiger partial charge on any atom is -0.309 e.